The minimum atomic E-state index is -0.402. The highest BCUT2D eigenvalue weighted by molar-refractivity contribution is 9.10. The van der Waals surface area contributed by atoms with Crippen molar-refractivity contribution in [2.45, 2.75) is 6.04 Å². The fourth-order valence-electron chi connectivity index (χ4n) is 1.70. The average Bonchev–Trinajstić information content (AvgIpc) is 3.07. The van der Waals surface area contributed by atoms with E-state index in [9.17, 15) is 0 Å². The largest absolute Gasteiger partial charge is 0.418 e. The SMILES string of the molecule is NC(c1ccccc1)c1nnc(-c2sccc2Br)o1. The Morgan fingerprint density at radius 1 is 1.16 bits per heavy atom. The van der Waals surface area contributed by atoms with Crippen molar-refractivity contribution in [3.05, 3.63) is 57.7 Å². The molecular formula is C13H10BrN3OS. The number of aromatic nitrogens is 2. The molecule has 0 bridgehead atoms. The van der Waals surface area contributed by atoms with Gasteiger partial charge < -0.3 is 10.2 Å². The molecule has 0 radical (unpaired) electrons. The lowest BCUT2D eigenvalue weighted by atomic mass is 10.1. The van der Waals surface area contributed by atoms with Crippen LogP contribution in [0.4, 0.5) is 0 Å². The molecule has 3 aromatic rings. The molecule has 0 fully saturated rings. The van der Waals surface area contributed by atoms with Crippen LogP contribution in [0.25, 0.3) is 10.8 Å². The van der Waals surface area contributed by atoms with Gasteiger partial charge in [-0.2, -0.15) is 0 Å². The van der Waals surface area contributed by atoms with Gasteiger partial charge in [0, 0.05) is 4.47 Å². The second kappa shape index (κ2) is 5.24. The molecule has 6 heteroatoms. The zero-order chi connectivity index (χ0) is 13.2. The minimum absolute atomic E-state index is 0.402. The summed E-state index contributed by atoms with van der Waals surface area (Å²) in [4.78, 5) is 0.916. The number of thiophene rings is 1. The van der Waals surface area contributed by atoms with Gasteiger partial charge in [0.2, 0.25) is 5.89 Å². The monoisotopic (exact) mass is 335 g/mol. The Hall–Kier alpha value is -1.50. The molecule has 1 atom stereocenters. The van der Waals surface area contributed by atoms with E-state index in [-0.39, 0.29) is 0 Å². The molecule has 0 aliphatic carbocycles. The first-order chi connectivity index (χ1) is 9.25. The van der Waals surface area contributed by atoms with E-state index in [0.29, 0.717) is 11.8 Å². The lowest BCUT2D eigenvalue weighted by Gasteiger charge is -2.06. The molecule has 2 aromatic heterocycles. The van der Waals surface area contributed by atoms with Crippen LogP contribution in [0.15, 0.2) is 50.7 Å². The van der Waals surface area contributed by atoms with Crippen molar-refractivity contribution >= 4 is 27.3 Å². The van der Waals surface area contributed by atoms with Gasteiger partial charge in [-0.15, -0.1) is 21.5 Å². The lowest BCUT2D eigenvalue weighted by Crippen LogP contribution is -2.11. The van der Waals surface area contributed by atoms with Crippen LogP contribution < -0.4 is 5.73 Å². The summed E-state index contributed by atoms with van der Waals surface area (Å²) in [6.45, 7) is 0. The predicted octanol–water partition coefficient (Wildman–Crippen LogP) is 3.61. The molecule has 19 heavy (non-hydrogen) atoms. The summed E-state index contributed by atoms with van der Waals surface area (Å²) in [5.74, 6) is 0.907. The molecule has 4 nitrogen and oxygen atoms in total. The van der Waals surface area contributed by atoms with Crippen molar-refractivity contribution in [2.75, 3.05) is 0 Å². The van der Waals surface area contributed by atoms with E-state index in [0.717, 1.165) is 14.9 Å². The Balaban J connectivity index is 1.92. The summed E-state index contributed by atoms with van der Waals surface area (Å²) >= 11 is 4.99. The molecule has 0 spiro atoms. The maximum atomic E-state index is 6.12. The van der Waals surface area contributed by atoms with Gasteiger partial charge in [0.15, 0.2) is 0 Å². The predicted molar refractivity (Wildman–Crippen MR) is 77.8 cm³/mol. The van der Waals surface area contributed by atoms with E-state index >= 15 is 0 Å². The summed E-state index contributed by atoms with van der Waals surface area (Å²) in [6.07, 6.45) is 0. The third kappa shape index (κ3) is 2.47. The molecule has 1 aromatic carbocycles. The first kappa shape index (κ1) is 12.5. The Morgan fingerprint density at radius 2 is 1.95 bits per heavy atom. The Kier molecular flexibility index (Phi) is 3.46. The van der Waals surface area contributed by atoms with E-state index in [1.165, 1.54) is 11.3 Å². The molecule has 96 valence electrons. The summed E-state index contributed by atoms with van der Waals surface area (Å²) in [6, 6.07) is 11.2. The normalized spacial score (nSPS) is 12.5. The molecule has 0 saturated carbocycles. The molecule has 0 amide bonds. The van der Waals surface area contributed by atoms with E-state index in [1.54, 1.807) is 0 Å². The van der Waals surface area contributed by atoms with Crippen LogP contribution in [0.2, 0.25) is 0 Å². The number of benzene rings is 1. The molecule has 0 aliphatic rings. The van der Waals surface area contributed by atoms with Crippen molar-refractivity contribution in [1.29, 1.82) is 0 Å². The Morgan fingerprint density at radius 3 is 2.63 bits per heavy atom. The number of rotatable bonds is 3. The number of hydrogen-bond acceptors (Lipinski definition) is 5. The Labute approximate surface area is 122 Å². The van der Waals surface area contributed by atoms with Gasteiger partial charge >= 0.3 is 0 Å². The van der Waals surface area contributed by atoms with Gasteiger partial charge in [0.05, 0.1) is 0 Å². The summed E-state index contributed by atoms with van der Waals surface area (Å²) in [5, 5.41) is 10.0. The summed E-state index contributed by atoms with van der Waals surface area (Å²) in [5.41, 5.74) is 7.06. The van der Waals surface area contributed by atoms with Crippen molar-refractivity contribution in [3.8, 4) is 10.8 Å². The van der Waals surface area contributed by atoms with Crippen LogP contribution in [-0.2, 0) is 0 Å². The van der Waals surface area contributed by atoms with Crippen LogP contribution in [0.1, 0.15) is 17.5 Å². The number of nitrogens with two attached hydrogens (primary N) is 1. The fraction of sp³-hybridized carbons (Fsp3) is 0.0769. The van der Waals surface area contributed by atoms with E-state index < -0.39 is 6.04 Å². The van der Waals surface area contributed by atoms with Gasteiger partial charge in [-0.1, -0.05) is 30.3 Å². The molecule has 1 unspecified atom stereocenters. The third-order valence-electron chi connectivity index (χ3n) is 2.68. The molecule has 2 heterocycles. The van der Waals surface area contributed by atoms with Crippen LogP contribution >= 0.6 is 27.3 Å². The third-order valence-corrected chi connectivity index (χ3v) is 4.50. The molecule has 0 saturated heterocycles. The highest BCUT2D eigenvalue weighted by Crippen LogP contribution is 2.33. The van der Waals surface area contributed by atoms with Gasteiger partial charge in [0.25, 0.3) is 5.89 Å². The van der Waals surface area contributed by atoms with Crippen molar-refractivity contribution in [1.82, 2.24) is 10.2 Å². The second-order valence-electron chi connectivity index (χ2n) is 3.93. The fourth-order valence-corrected chi connectivity index (χ4v) is 3.16. The van der Waals surface area contributed by atoms with Gasteiger partial charge in [-0.3, -0.25) is 0 Å². The van der Waals surface area contributed by atoms with Gasteiger partial charge in [0.1, 0.15) is 10.9 Å². The topological polar surface area (TPSA) is 64.9 Å². The quantitative estimate of drug-likeness (QED) is 0.794. The van der Waals surface area contributed by atoms with Crippen molar-refractivity contribution in [2.24, 2.45) is 5.73 Å². The first-order valence-corrected chi connectivity index (χ1v) is 7.30. The molecule has 3 rings (SSSR count). The first-order valence-electron chi connectivity index (χ1n) is 5.63. The van der Waals surface area contributed by atoms with Gasteiger partial charge in [-0.05, 0) is 32.9 Å². The molecule has 0 aliphatic heterocycles. The van der Waals surface area contributed by atoms with Crippen molar-refractivity contribution in [3.63, 3.8) is 0 Å². The van der Waals surface area contributed by atoms with Crippen LogP contribution in [-0.4, -0.2) is 10.2 Å². The second-order valence-corrected chi connectivity index (χ2v) is 5.70. The minimum Gasteiger partial charge on any atom is -0.418 e. The van der Waals surface area contributed by atoms with E-state index in [4.69, 9.17) is 10.2 Å². The smallest absolute Gasteiger partial charge is 0.258 e. The standard InChI is InChI=1S/C13H10BrN3OS/c14-9-6-7-19-11(9)13-17-16-12(18-13)10(15)8-4-2-1-3-5-8/h1-7,10H,15H2. The maximum absolute atomic E-state index is 6.12. The lowest BCUT2D eigenvalue weighted by molar-refractivity contribution is 0.485. The maximum Gasteiger partial charge on any atom is 0.258 e. The van der Waals surface area contributed by atoms with Gasteiger partial charge in [-0.25, -0.2) is 0 Å². The average molecular weight is 336 g/mol. The summed E-state index contributed by atoms with van der Waals surface area (Å²) in [7, 11) is 0. The van der Waals surface area contributed by atoms with Crippen LogP contribution in [0, 0.1) is 0 Å². The highest BCUT2D eigenvalue weighted by Gasteiger charge is 2.18. The zero-order valence-corrected chi connectivity index (χ0v) is 12.2. The number of hydrogen-bond donors (Lipinski definition) is 1. The number of nitrogens with zero attached hydrogens (tertiary/aromatic N) is 2. The highest BCUT2D eigenvalue weighted by atomic mass is 79.9. The van der Waals surface area contributed by atoms with Crippen LogP contribution in [0.3, 0.4) is 0 Å². The summed E-state index contributed by atoms with van der Waals surface area (Å²) < 4.78 is 6.60. The Bertz CT molecular complexity index is 680. The van der Waals surface area contributed by atoms with Crippen LogP contribution in [0.5, 0.6) is 0 Å². The molecular weight excluding hydrogens is 326 g/mol. The zero-order valence-electron chi connectivity index (χ0n) is 9.79. The van der Waals surface area contributed by atoms with Crippen molar-refractivity contribution < 1.29 is 4.42 Å². The van der Waals surface area contributed by atoms with E-state index in [2.05, 4.69) is 26.1 Å². The van der Waals surface area contributed by atoms with E-state index in [1.807, 2.05) is 41.8 Å². The molecule has 2 N–H and O–H groups in total. The number of halogens is 1.